The van der Waals surface area contributed by atoms with Crippen LogP contribution in [0.15, 0.2) is 18.2 Å². The van der Waals surface area contributed by atoms with Crippen molar-refractivity contribution in [3.05, 3.63) is 47.0 Å². The normalized spacial score (nSPS) is 13.1. The van der Waals surface area contributed by atoms with E-state index in [1.165, 1.54) is 0 Å². The van der Waals surface area contributed by atoms with Gasteiger partial charge in [-0.05, 0) is 24.6 Å². The fraction of sp³-hybridized carbons (Fsp3) is 0.333. The van der Waals surface area contributed by atoms with Crippen molar-refractivity contribution in [3.63, 3.8) is 0 Å². The summed E-state index contributed by atoms with van der Waals surface area (Å²) in [7, 11) is 3.13. The van der Waals surface area contributed by atoms with E-state index in [0.717, 1.165) is 11.1 Å². The molecule has 0 fully saturated rings. The minimum atomic E-state index is -0.714. The number of hydrogen-bond donors (Lipinski definition) is 1. The Morgan fingerprint density at radius 1 is 1.31 bits per heavy atom. The lowest BCUT2D eigenvalue weighted by Gasteiger charge is -2.28. The smallest absolute Gasteiger partial charge is 0.286 e. The second-order valence-corrected chi connectivity index (χ2v) is 5.87. The number of methoxy groups -OCH3 is 2. The van der Waals surface area contributed by atoms with Crippen molar-refractivity contribution in [1.82, 2.24) is 14.9 Å². The summed E-state index contributed by atoms with van der Waals surface area (Å²) in [5.41, 5.74) is 7.36. The van der Waals surface area contributed by atoms with Gasteiger partial charge in [0.25, 0.3) is 5.91 Å². The van der Waals surface area contributed by atoms with Crippen molar-refractivity contribution in [3.8, 4) is 11.5 Å². The first-order valence-corrected chi connectivity index (χ1v) is 8.07. The predicted octanol–water partition coefficient (Wildman–Crippen LogP) is 0.520. The predicted molar refractivity (Wildman–Crippen MR) is 91.8 cm³/mol. The molecule has 0 saturated heterocycles. The highest BCUT2D eigenvalue weighted by molar-refractivity contribution is 5.88. The molecule has 0 aliphatic carbocycles. The van der Waals surface area contributed by atoms with E-state index < -0.39 is 5.91 Å². The number of benzene rings is 1. The van der Waals surface area contributed by atoms with Crippen LogP contribution in [0.25, 0.3) is 0 Å². The van der Waals surface area contributed by atoms with E-state index in [2.05, 4.69) is 16.2 Å². The van der Waals surface area contributed by atoms with Crippen LogP contribution in [0.4, 0.5) is 0 Å². The van der Waals surface area contributed by atoms with Crippen molar-refractivity contribution in [2.75, 3.05) is 20.8 Å². The first kappa shape index (κ1) is 17.7. The molecule has 2 heterocycles. The number of amides is 2. The Bertz CT molecular complexity index is 853. The van der Waals surface area contributed by atoms with Gasteiger partial charge in [0.1, 0.15) is 11.5 Å². The van der Waals surface area contributed by atoms with Gasteiger partial charge in [-0.2, -0.15) is 0 Å². The zero-order valence-corrected chi connectivity index (χ0v) is 14.6. The third-order valence-corrected chi connectivity index (χ3v) is 4.26. The third kappa shape index (κ3) is 3.58. The van der Waals surface area contributed by atoms with Gasteiger partial charge in [-0.25, -0.2) is 9.97 Å². The Kier molecular flexibility index (Phi) is 5.01. The number of fused-ring (bicyclic) bond motifs is 1. The van der Waals surface area contributed by atoms with E-state index in [0.29, 0.717) is 36.7 Å². The van der Waals surface area contributed by atoms with E-state index in [1.807, 2.05) is 0 Å². The molecular weight excluding hydrogens is 336 g/mol. The Hall–Kier alpha value is -3.16. The van der Waals surface area contributed by atoms with Gasteiger partial charge in [-0.3, -0.25) is 9.59 Å². The number of aromatic nitrogens is 2. The summed E-state index contributed by atoms with van der Waals surface area (Å²) < 4.78 is 10.5. The summed E-state index contributed by atoms with van der Waals surface area (Å²) in [6.07, 6.45) is 3.55. The molecule has 1 aliphatic heterocycles. The minimum Gasteiger partial charge on any atom is -0.497 e. The van der Waals surface area contributed by atoms with Gasteiger partial charge in [0.15, 0.2) is 0 Å². The van der Waals surface area contributed by atoms with Gasteiger partial charge < -0.3 is 20.1 Å². The van der Waals surface area contributed by atoms with Crippen LogP contribution in [0, 0.1) is 6.20 Å². The largest absolute Gasteiger partial charge is 0.497 e. The van der Waals surface area contributed by atoms with Crippen LogP contribution in [0.3, 0.4) is 0 Å². The molecule has 1 radical (unpaired) electrons. The highest BCUT2D eigenvalue weighted by Crippen LogP contribution is 2.25. The summed E-state index contributed by atoms with van der Waals surface area (Å²) in [5, 5.41) is 0. The lowest BCUT2D eigenvalue weighted by molar-refractivity contribution is -0.131. The van der Waals surface area contributed by atoms with Gasteiger partial charge >= 0.3 is 0 Å². The van der Waals surface area contributed by atoms with Crippen LogP contribution in [0.1, 0.15) is 27.4 Å². The molecule has 2 aromatic rings. The summed E-state index contributed by atoms with van der Waals surface area (Å²) in [5.74, 6) is 0.414. The van der Waals surface area contributed by atoms with Crippen molar-refractivity contribution < 1.29 is 19.1 Å². The maximum Gasteiger partial charge on any atom is 0.286 e. The average molecular weight is 355 g/mol. The van der Waals surface area contributed by atoms with E-state index in [1.54, 1.807) is 37.3 Å². The quantitative estimate of drug-likeness (QED) is 0.838. The Labute approximate surface area is 150 Å². The average Bonchev–Trinajstić information content (AvgIpc) is 2.66. The zero-order valence-electron chi connectivity index (χ0n) is 14.6. The first-order chi connectivity index (χ1) is 12.5. The van der Waals surface area contributed by atoms with E-state index in [-0.39, 0.29) is 18.2 Å². The number of ether oxygens (including phenoxy) is 2. The molecule has 8 nitrogen and oxygen atoms in total. The molecule has 3 rings (SSSR count). The third-order valence-electron chi connectivity index (χ3n) is 4.26. The van der Waals surface area contributed by atoms with E-state index in [9.17, 15) is 9.59 Å². The van der Waals surface area contributed by atoms with Gasteiger partial charge in [0.2, 0.25) is 11.7 Å². The molecule has 8 heteroatoms. The van der Waals surface area contributed by atoms with E-state index in [4.69, 9.17) is 15.2 Å². The summed E-state index contributed by atoms with van der Waals surface area (Å²) >= 11 is 0. The molecular formula is C18H19N4O4. The molecule has 26 heavy (non-hydrogen) atoms. The maximum atomic E-state index is 12.7. The van der Waals surface area contributed by atoms with Crippen molar-refractivity contribution >= 4 is 11.8 Å². The lowest BCUT2D eigenvalue weighted by Crippen LogP contribution is -2.38. The van der Waals surface area contributed by atoms with Crippen LogP contribution >= 0.6 is 0 Å². The molecule has 0 spiro atoms. The van der Waals surface area contributed by atoms with E-state index >= 15 is 0 Å². The molecule has 0 unspecified atom stereocenters. The van der Waals surface area contributed by atoms with Crippen molar-refractivity contribution in [2.24, 2.45) is 5.73 Å². The molecule has 135 valence electrons. The van der Waals surface area contributed by atoms with Crippen LogP contribution in [-0.4, -0.2) is 47.4 Å². The van der Waals surface area contributed by atoms with Crippen LogP contribution in [0.5, 0.6) is 11.5 Å². The molecule has 0 atom stereocenters. The zero-order chi connectivity index (χ0) is 18.7. The second-order valence-electron chi connectivity index (χ2n) is 5.87. The Balaban J connectivity index is 1.77. The van der Waals surface area contributed by atoms with Crippen LogP contribution < -0.4 is 15.2 Å². The Morgan fingerprint density at radius 3 is 2.81 bits per heavy atom. The molecule has 2 amide bonds. The van der Waals surface area contributed by atoms with Gasteiger partial charge in [-0.1, -0.05) is 0 Å². The summed E-state index contributed by atoms with van der Waals surface area (Å²) in [4.78, 5) is 33.7. The molecule has 0 bridgehead atoms. The Morgan fingerprint density at radius 2 is 2.12 bits per heavy atom. The standard InChI is InChI=1S/C18H19N4O4/c1-25-13-3-4-15(26-2)12(7-13)8-16(23)22-6-5-11-9-20-18(17(19)24)21-14(11)10-22/h3-4,7H,5-6,8,10H2,1-2H3,(H2,19,24). The lowest BCUT2D eigenvalue weighted by atomic mass is 10.0. The first-order valence-electron chi connectivity index (χ1n) is 8.07. The number of carbonyl (C=O) groups excluding carboxylic acids is 2. The number of nitrogens with two attached hydrogens (primary N) is 1. The molecule has 1 aliphatic rings. The van der Waals surface area contributed by atoms with Gasteiger partial charge in [0.05, 0.1) is 39.1 Å². The number of nitrogens with zero attached hydrogens (tertiary/aromatic N) is 3. The summed E-state index contributed by atoms with van der Waals surface area (Å²) in [6, 6.07) is 5.34. The van der Waals surface area contributed by atoms with Gasteiger partial charge in [-0.15, -0.1) is 0 Å². The van der Waals surface area contributed by atoms with Crippen LogP contribution in [0.2, 0.25) is 0 Å². The highest BCUT2D eigenvalue weighted by Gasteiger charge is 2.24. The SMILES string of the molecule is COc1ccc(OC)c(CC(=O)N2CCc3[c]nc(C(N)=O)nc3C2)c1. The molecule has 1 aromatic heterocycles. The minimum absolute atomic E-state index is 0.0681. The van der Waals surface area contributed by atoms with Gasteiger partial charge in [0, 0.05) is 17.7 Å². The molecule has 1 aromatic carbocycles. The van der Waals surface area contributed by atoms with Crippen molar-refractivity contribution in [2.45, 2.75) is 19.4 Å². The number of hydrogen-bond acceptors (Lipinski definition) is 6. The van der Waals surface area contributed by atoms with Crippen molar-refractivity contribution in [1.29, 1.82) is 0 Å². The number of rotatable bonds is 5. The molecule has 0 saturated carbocycles. The van der Waals surface area contributed by atoms with Crippen LogP contribution in [-0.2, 0) is 24.2 Å². The maximum absolute atomic E-state index is 12.7. The fourth-order valence-corrected chi connectivity index (χ4v) is 2.86. The topological polar surface area (TPSA) is 108 Å². The number of carbonyl (C=O) groups is 2. The summed E-state index contributed by atoms with van der Waals surface area (Å²) in [6.45, 7) is 0.827. The fourth-order valence-electron chi connectivity index (χ4n) is 2.86. The molecule has 2 N–H and O–H groups in total. The second kappa shape index (κ2) is 7.38. The highest BCUT2D eigenvalue weighted by atomic mass is 16.5. The number of primary amides is 1. The monoisotopic (exact) mass is 355 g/mol.